The number of rotatable bonds is 4. The van der Waals surface area contributed by atoms with Crippen LogP contribution < -0.4 is 15.5 Å². The van der Waals surface area contributed by atoms with Gasteiger partial charge in [0, 0.05) is 38.0 Å². The van der Waals surface area contributed by atoms with Crippen LogP contribution in [0.5, 0.6) is 0 Å². The lowest BCUT2D eigenvalue weighted by molar-refractivity contribution is -0.117. The molecule has 5 heteroatoms. The number of aromatic nitrogens is 1. The lowest BCUT2D eigenvalue weighted by Crippen LogP contribution is -2.29. The van der Waals surface area contributed by atoms with Crippen molar-refractivity contribution in [1.29, 1.82) is 0 Å². The highest BCUT2D eigenvalue weighted by atomic mass is 16.2. The number of pyridine rings is 1. The second-order valence-electron chi connectivity index (χ2n) is 6.38. The van der Waals surface area contributed by atoms with Crippen molar-refractivity contribution in [1.82, 2.24) is 10.3 Å². The SMILES string of the molecule is CN(C)c1cc(NC(=O)[C@@H]2C[C@H]2C2CCNCC2)ccn1. The fourth-order valence-electron chi connectivity index (χ4n) is 3.29. The average Bonchev–Trinajstić information content (AvgIpc) is 3.29. The molecule has 1 aromatic heterocycles. The molecule has 0 radical (unpaired) electrons. The molecule has 1 saturated heterocycles. The highest BCUT2D eigenvalue weighted by Gasteiger charge is 2.47. The Bertz CT molecular complexity index is 511. The summed E-state index contributed by atoms with van der Waals surface area (Å²) in [6, 6.07) is 3.77. The number of carbonyl (C=O) groups is 1. The molecule has 2 N–H and O–H groups in total. The fraction of sp³-hybridized carbons (Fsp3) is 0.625. The number of nitrogens with zero attached hydrogens (tertiary/aromatic N) is 2. The van der Waals surface area contributed by atoms with Crippen molar-refractivity contribution in [3.05, 3.63) is 18.3 Å². The quantitative estimate of drug-likeness (QED) is 0.886. The van der Waals surface area contributed by atoms with Crippen LogP contribution in [0.15, 0.2) is 18.3 Å². The summed E-state index contributed by atoms with van der Waals surface area (Å²) in [5, 5.41) is 6.43. The number of hydrogen-bond acceptors (Lipinski definition) is 4. The summed E-state index contributed by atoms with van der Waals surface area (Å²) in [4.78, 5) is 18.5. The zero-order valence-electron chi connectivity index (χ0n) is 12.8. The molecule has 114 valence electrons. The molecule has 3 rings (SSSR count). The van der Waals surface area contributed by atoms with Crippen LogP contribution in [0.3, 0.4) is 0 Å². The first-order valence-electron chi connectivity index (χ1n) is 7.80. The number of amides is 1. The molecule has 1 amide bonds. The van der Waals surface area contributed by atoms with Crippen molar-refractivity contribution in [3.63, 3.8) is 0 Å². The van der Waals surface area contributed by atoms with E-state index in [0.29, 0.717) is 5.92 Å². The van der Waals surface area contributed by atoms with E-state index in [1.165, 1.54) is 12.8 Å². The largest absolute Gasteiger partial charge is 0.363 e. The Morgan fingerprint density at radius 1 is 1.38 bits per heavy atom. The zero-order valence-corrected chi connectivity index (χ0v) is 12.8. The minimum atomic E-state index is 0.175. The van der Waals surface area contributed by atoms with E-state index in [4.69, 9.17) is 0 Å². The van der Waals surface area contributed by atoms with Crippen LogP contribution in [-0.2, 0) is 4.79 Å². The molecular weight excluding hydrogens is 264 g/mol. The van der Waals surface area contributed by atoms with E-state index in [9.17, 15) is 4.79 Å². The van der Waals surface area contributed by atoms with E-state index in [0.717, 1.165) is 36.9 Å². The molecule has 1 saturated carbocycles. The van der Waals surface area contributed by atoms with Gasteiger partial charge >= 0.3 is 0 Å². The van der Waals surface area contributed by atoms with Gasteiger partial charge in [-0.15, -0.1) is 0 Å². The Labute approximate surface area is 126 Å². The van der Waals surface area contributed by atoms with Gasteiger partial charge in [0.25, 0.3) is 0 Å². The number of nitrogens with one attached hydrogen (secondary N) is 2. The fourth-order valence-corrected chi connectivity index (χ4v) is 3.29. The summed E-state index contributed by atoms with van der Waals surface area (Å²) in [7, 11) is 3.89. The van der Waals surface area contributed by atoms with Gasteiger partial charge < -0.3 is 15.5 Å². The monoisotopic (exact) mass is 288 g/mol. The molecule has 0 aromatic carbocycles. The van der Waals surface area contributed by atoms with Gasteiger partial charge in [-0.25, -0.2) is 4.98 Å². The summed E-state index contributed by atoms with van der Waals surface area (Å²) in [6.07, 6.45) is 5.23. The molecule has 2 aliphatic rings. The van der Waals surface area contributed by atoms with E-state index in [-0.39, 0.29) is 11.8 Å². The van der Waals surface area contributed by atoms with Gasteiger partial charge in [-0.1, -0.05) is 0 Å². The summed E-state index contributed by atoms with van der Waals surface area (Å²) < 4.78 is 0. The van der Waals surface area contributed by atoms with Gasteiger partial charge in [-0.3, -0.25) is 4.79 Å². The molecule has 5 nitrogen and oxygen atoms in total. The molecule has 2 atom stereocenters. The molecular formula is C16H24N4O. The Balaban J connectivity index is 1.56. The number of piperidine rings is 1. The molecule has 2 heterocycles. The molecule has 0 unspecified atom stereocenters. The first kappa shape index (κ1) is 14.3. The zero-order chi connectivity index (χ0) is 14.8. The third-order valence-electron chi connectivity index (χ3n) is 4.64. The Kier molecular flexibility index (Phi) is 4.10. The maximum absolute atomic E-state index is 12.3. The second-order valence-corrected chi connectivity index (χ2v) is 6.38. The van der Waals surface area contributed by atoms with Crippen molar-refractivity contribution in [2.75, 3.05) is 37.4 Å². The van der Waals surface area contributed by atoms with Crippen molar-refractivity contribution in [2.45, 2.75) is 19.3 Å². The first-order chi connectivity index (χ1) is 10.1. The van der Waals surface area contributed by atoms with Crippen LogP contribution >= 0.6 is 0 Å². The van der Waals surface area contributed by atoms with E-state index in [1.54, 1.807) is 6.20 Å². The lowest BCUT2D eigenvalue weighted by atomic mass is 9.92. The van der Waals surface area contributed by atoms with Crippen molar-refractivity contribution in [2.24, 2.45) is 17.8 Å². The van der Waals surface area contributed by atoms with Gasteiger partial charge in [-0.2, -0.15) is 0 Å². The molecule has 21 heavy (non-hydrogen) atoms. The van der Waals surface area contributed by atoms with E-state index >= 15 is 0 Å². The minimum absolute atomic E-state index is 0.175. The number of anilines is 2. The number of hydrogen-bond donors (Lipinski definition) is 2. The topological polar surface area (TPSA) is 57.3 Å². The maximum Gasteiger partial charge on any atom is 0.227 e. The smallest absolute Gasteiger partial charge is 0.227 e. The minimum Gasteiger partial charge on any atom is -0.363 e. The van der Waals surface area contributed by atoms with Gasteiger partial charge in [0.05, 0.1) is 0 Å². The lowest BCUT2D eigenvalue weighted by Gasteiger charge is -2.22. The molecule has 1 aromatic rings. The van der Waals surface area contributed by atoms with Gasteiger partial charge in [0.2, 0.25) is 5.91 Å². The van der Waals surface area contributed by atoms with Crippen molar-refractivity contribution in [3.8, 4) is 0 Å². The predicted octanol–water partition coefficient (Wildman–Crippen LogP) is 1.72. The highest BCUT2D eigenvalue weighted by Crippen LogP contribution is 2.47. The van der Waals surface area contributed by atoms with Crippen LogP contribution in [0.25, 0.3) is 0 Å². The van der Waals surface area contributed by atoms with E-state index in [1.807, 2.05) is 31.1 Å². The summed E-state index contributed by atoms with van der Waals surface area (Å²) in [5.74, 6) is 2.58. The molecule has 1 aliphatic heterocycles. The average molecular weight is 288 g/mol. The third-order valence-corrected chi connectivity index (χ3v) is 4.64. The summed E-state index contributed by atoms with van der Waals surface area (Å²) >= 11 is 0. The Morgan fingerprint density at radius 2 is 2.14 bits per heavy atom. The molecule has 2 fully saturated rings. The van der Waals surface area contributed by atoms with Crippen molar-refractivity contribution < 1.29 is 4.79 Å². The van der Waals surface area contributed by atoms with Gasteiger partial charge in [-0.05, 0) is 50.3 Å². The Hall–Kier alpha value is -1.62. The van der Waals surface area contributed by atoms with E-state index < -0.39 is 0 Å². The van der Waals surface area contributed by atoms with Crippen molar-refractivity contribution >= 4 is 17.4 Å². The van der Waals surface area contributed by atoms with Crippen LogP contribution in [0.4, 0.5) is 11.5 Å². The van der Waals surface area contributed by atoms with Gasteiger partial charge in [0.15, 0.2) is 0 Å². The molecule has 0 spiro atoms. The number of carbonyl (C=O) groups excluding carboxylic acids is 1. The molecule has 1 aliphatic carbocycles. The van der Waals surface area contributed by atoms with Crippen LogP contribution in [0, 0.1) is 17.8 Å². The van der Waals surface area contributed by atoms with Crippen LogP contribution in [0.1, 0.15) is 19.3 Å². The highest BCUT2D eigenvalue weighted by molar-refractivity contribution is 5.94. The Morgan fingerprint density at radius 3 is 2.86 bits per heavy atom. The standard InChI is InChI=1S/C16H24N4O/c1-20(2)15-9-12(5-8-18-15)19-16(21)14-10-13(14)11-3-6-17-7-4-11/h5,8-9,11,13-14,17H,3-4,6-7,10H2,1-2H3,(H,18,19,21)/t13-,14+/m0/s1. The third kappa shape index (κ3) is 3.35. The second kappa shape index (κ2) is 6.02. The molecule has 0 bridgehead atoms. The van der Waals surface area contributed by atoms with E-state index in [2.05, 4.69) is 15.6 Å². The van der Waals surface area contributed by atoms with Crippen LogP contribution in [-0.4, -0.2) is 38.1 Å². The first-order valence-corrected chi connectivity index (χ1v) is 7.80. The predicted molar refractivity (Wildman–Crippen MR) is 84.4 cm³/mol. The maximum atomic E-state index is 12.3. The summed E-state index contributed by atoms with van der Waals surface area (Å²) in [5.41, 5.74) is 0.842. The van der Waals surface area contributed by atoms with Crippen LogP contribution in [0.2, 0.25) is 0 Å². The summed E-state index contributed by atoms with van der Waals surface area (Å²) in [6.45, 7) is 2.21. The van der Waals surface area contributed by atoms with Gasteiger partial charge in [0.1, 0.15) is 5.82 Å². The normalized spacial score (nSPS) is 25.4.